The number of nitrogens with zero attached hydrogens (tertiary/aromatic N) is 3. The number of aromatic nitrogens is 3. The van der Waals surface area contributed by atoms with Gasteiger partial charge >= 0.3 is 0 Å². The molecule has 7 heteroatoms. The van der Waals surface area contributed by atoms with Crippen LogP contribution in [0.15, 0.2) is 91.0 Å². The average Bonchev–Trinajstić information content (AvgIpc) is 3.23. The summed E-state index contributed by atoms with van der Waals surface area (Å²) < 4.78 is 32.9. The summed E-state index contributed by atoms with van der Waals surface area (Å²) in [4.78, 5) is 1.50. The molecule has 154 valence electrons. The Balaban J connectivity index is 1.51. The molecule has 4 aromatic rings. The highest BCUT2D eigenvalue weighted by Crippen LogP contribution is 2.32. The smallest absolute Gasteiger partial charge is 0.278 e. The highest BCUT2D eigenvalue weighted by molar-refractivity contribution is 7.87. The van der Waals surface area contributed by atoms with Crippen molar-refractivity contribution in [1.29, 1.82) is 0 Å². The molecule has 0 amide bonds. The molecule has 1 aromatic heterocycles. The highest BCUT2D eigenvalue weighted by atomic mass is 32.2. The SMILES string of the molecule is O=S(=O)(O)C1(C=Cc2ccccc2)C=CC(n2nc3ccc4ccccc4c3n2)=CC1. The largest absolute Gasteiger partial charge is 0.285 e. The third kappa shape index (κ3) is 3.48. The van der Waals surface area contributed by atoms with E-state index >= 15 is 0 Å². The zero-order chi connectivity index (χ0) is 21.5. The second-order valence-corrected chi connectivity index (χ2v) is 9.19. The lowest BCUT2D eigenvalue weighted by Crippen LogP contribution is -2.35. The molecule has 0 saturated heterocycles. The minimum Gasteiger partial charge on any atom is -0.285 e. The third-order valence-electron chi connectivity index (χ3n) is 5.51. The van der Waals surface area contributed by atoms with Crippen LogP contribution >= 0.6 is 0 Å². The Labute approximate surface area is 179 Å². The third-order valence-corrected chi connectivity index (χ3v) is 6.91. The topological polar surface area (TPSA) is 85.1 Å². The van der Waals surface area contributed by atoms with Gasteiger partial charge in [0.1, 0.15) is 15.8 Å². The van der Waals surface area contributed by atoms with Crippen molar-refractivity contribution in [3.05, 3.63) is 96.6 Å². The summed E-state index contributed by atoms with van der Waals surface area (Å²) in [5.41, 5.74) is 3.03. The molecule has 1 aliphatic carbocycles. The molecular weight excluding hydrogens is 410 g/mol. The van der Waals surface area contributed by atoms with Gasteiger partial charge in [0.05, 0.1) is 5.70 Å². The summed E-state index contributed by atoms with van der Waals surface area (Å²) in [6.45, 7) is 0. The van der Waals surface area contributed by atoms with Crippen LogP contribution in [0.3, 0.4) is 0 Å². The normalized spacial score (nSPS) is 19.3. The van der Waals surface area contributed by atoms with E-state index in [0.29, 0.717) is 5.70 Å². The van der Waals surface area contributed by atoms with Crippen LogP contribution in [0.5, 0.6) is 0 Å². The molecular formula is C24H19N3O3S. The van der Waals surface area contributed by atoms with Crippen LogP contribution in [0.1, 0.15) is 12.0 Å². The lowest BCUT2D eigenvalue weighted by molar-refractivity contribution is 0.461. The van der Waals surface area contributed by atoms with Gasteiger partial charge in [-0.05, 0) is 29.5 Å². The van der Waals surface area contributed by atoms with Gasteiger partial charge in [-0.3, -0.25) is 4.55 Å². The average molecular weight is 430 g/mol. The van der Waals surface area contributed by atoms with Gasteiger partial charge in [0, 0.05) is 5.39 Å². The zero-order valence-corrected chi connectivity index (χ0v) is 17.3. The van der Waals surface area contributed by atoms with Gasteiger partial charge in [-0.1, -0.05) is 85.0 Å². The van der Waals surface area contributed by atoms with Crippen LogP contribution in [0.25, 0.3) is 33.6 Å². The maximum Gasteiger partial charge on any atom is 0.278 e. The molecule has 1 heterocycles. The molecule has 31 heavy (non-hydrogen) atoms. The number of benzene rings is 3. The summed E-state index contributed by atoms with van der Waals surface area (Å²) in [6.07, 6.45) is 8.13. The van der Waals surface area contributed by atoms with Gasteiger partial charge in [-0.2, -0.15) is 13.2 Å². The first-order chi connectivity index (χ1) is 15.0. The van der Waals surface area contributed by atoms with Crippen LogP contribution in [-0.4, -0.2) is 32.7 Å². The number of hydrogen-bond donors (Lipinski definition) is 1. The Morgan fingerprint density at radius 2 is 1.74 bits per heavy atom. The minimum absolute atomic E-state index is 0.0691. The minimum atomic E-state index is -4.38. The Hall–Kier alpha value is -3.55. The second kappa shape index (κ2) is 7.30. The summed E-state index contributed by atoms with van der Waals surface area (Å²) in [7, 11) is -4.38. The van der Waals surface area contributed by atoms with Crippen molar-refractivity contribution in [3.63, 3.8) is 0 Å². The zero-order valence-electron chi connectivity index (χ0n) is 16.5. The number of fused-ring (bicyclic) bond motifs is 3. The number of hydrogen-bond acceptors (Lipinski definition) is 4. The molecule has 0 aliphatic heterocycles. The molecule has 1 N–H and O–H groups in total. The van der Waals surface area contributed by atoms with Crippen molar-refractivity contribution in [2.75, 3.05) is 0 Å². The van der Waals surface area contributed by atoms with E-state index in [2.05, 4.69) is 10.2 Å². The standard InChI is InChI=1S/C24H19N3O3S/c28-31(29,30)24(15-12-18-6-2-1-3-7-18)16-13-20(14-17-24)27-25-22-11-10-19-8-4-5-9-21(19)23(22)26-27/h1-16H,17H2,(H,28,29,30). The first-order valence-electron chi connectivity index (χ1n) is 9.81. The van der Waals surface area contributed by atoms with Crippen LogP contribution in [0.4, 0.5) is 0 Å². The Morgan fingerprint density at radius 1 is 0.968 bits per heavy atom. The molecule has 1 unspecified atom stereocenters. The Bertz CT molecular complexity index is 1480. The van der Waals surface area contributed by atoms with Crippen molar-refractivity contribution >= 4 is 43.7 Å². The lowest BCUT2D eigenvalue weighted by atomic mass is 9.97. The van der Waals surface area contributed by atoms with Crippen LogP contribution in [-0.2, 0) is 10.1 Å². The van der Waals surface area contributed by atoms with Gasteiger partial charge in [-0.15, -0.1) is 10.2 Å². The van der Waals surface area contributed by atoms with Crippen molar-refractivity contribution in [2.24, 2.45) is 0 Å². The van der Waals surface area contributed by atoms with Gasteiger partial charge in [-0.25, -0.2) is 0 Å². The van der Waals surface area contributed by atoms with Gasteiger partial charge in [0.2, 0.25) is 0 Å². The van der Waals surface area contributed by atoms with Crippen LogP contribution < -0.4 is 0 Å². The molecule has 0 saturated carbocycles. The van der Waals surface area contributed by atoms with Crippen molar-refractivity contribution in [2.45, 2.75) is 11.2 Å². The van der Waals surface area contributed by atoms with E-state index in [1.165, 1.54) is 16.9 Å². The second-order valence-electron chi connectivity index (χ2n) is 7.48. The van der Waals surface area contributed by atoms with Crippen LogP contribution in [0, 0.1) is 0 Å². The van der Waals surface area contributed by atoms with Gasteiger partial charge in [0.25, 0.3) is 10.1 Å². The van der Waals surface area contributed by atoms with E-state index in [9.17, 15) is 13.0 Å². The molecule has 0 fully saturated rings. The molecule has 0 spiro atoms. The highest BCUT2D eigenvalue weighted by Gasteiger charge is 2.39. The Morgan fingerprint density at radius 3 is 2.48 bits per heavy atom. The van der Waals surface area contributed by atoms with E-state index in [1.54, 1.807) is 18.2 Å². The molecule has 1 aliphatic rings. The monoisotopic (exact) mass is 429 g/mol. The molecule has 0 bridgehead atoms. The maximum atomic E-state index is 12.2. The fourth-order valence-corrected chi connectivity index (χ4v) is 4.52. The first-order valence-corrected chi connectivity index (χ1v) is 11.3. The fourth-order valence-electron chi connectivity index (χ4n) is 3.74. The molecule has 6 nitrogen and oxygen atoms in total. The van der Waals surface area contributed by atoms with Gasteiger partial charge < -0.3 is 0 Å². The predicted octanol–water partition coefficient (Wildman–Crippen LogP) is 4.73. The Kier molecular flexibility index (Phi) is 4.57. The first kappa shape index (κ1) is 19.4. The summed E-state index contributed by atoms with van der Waals surface area (Å²) >= 11 is 0. The predicted molar refractivity (Wildman–Crippen MR) is 123 cm³/mol. The van der Waals surface area contributed by atoms with Crippen molar-refractivity contribution in [1.82, 2.24) is 15.0 Å². The summed E-state index contributed by atoms with van der Waals surface area (Å²) in [5, 5.41) is 11.3. The molecule has 3 aromatic carbocycles. The maximum absolute atomic E-state index is 12.2. The van der Waals surface area contributed by atoms with E-state index in [1.807, 2.05) is 66.7 Å². The van der Waals surface area contributed by atoms with Crippen LogP contribution in [0.2, 0.25) is 0 Å². The molecule has 5 rings (SSSR count). The van der Waals surface area contributed by atoms with E-state index in [0.717, 1.165) is 27.4 Å². The number of allylic oxidation sites excluding steroid dienone is 3. The van der Waals surface area contributed by atoms with E-state index in [-0.39, 0.29) is 6.42 Å². The van der Waals surface area contributed by atoms with Crippen molar-refractivity contribution < 1.29 is 13.0 Å². The van der Waals surface area contributed by atoms with Crippen molar-refractivity contribution in [3.8, 4) is 0 Å². The lowest BCUT2D eigenvalue weighted by Gasteiger charge is -2.25. The summed E-state index contributed by atoms with van der Waals surface area (Å²) in [6, 6.07) is 21.2. The molecule has 1 atom stereocenters. The van der Waals surface area contributed by atoms with E-state index < -0.39 is 14.9 Å². The fraction of sp³-hybridized carbons (Fsp3) is 0.0833. The number of rotatable bonds is 4. The quantitative estimate of drug-likeness (QED) is 0.474. The van der Waals surface area contributed by atoms with E-state index in [4.69, 9.17) is 0 Å². The summed E-state index contributed by atoms with van der Waals surface area (Å²) in [5.74, 6) is 0. The van der Waals surface area contributed by atoms with Gasteiger partial charge in [0.15, 0.2) is 0 Å². The molecule has 0 radical (unpaired) electrons.